The lowest BCUT2D eigenvalue weighted by Gasteiger charge is -2.35. The Morgan fingerprint density at radius 2 is 1.90 bits per heavy atom. The van der Waals surface area contributed by atoms with Crippen LogP contribution in [-0.4, -0.2) is 49.1 Å². The number of amides is 1. The molecule has 2 aliphatic heterocycles. The first-order chi connectivity index (χ1) is 9.61. The summed E-state index contributed by atoms with van der Waals surface area (Å²) < 4.78 is 5.06. The van der Waals surface area contributed by atoms with Crippen LogP contribution in [0.25, 0.3) is 0 Å². The third kappa shape index (κ3) is 3.72. The zero-order valence-corrected chi connectivity index (χ0v) is 12.6. The van der Waals surface area contributed by atoms with Gasteiger partial charge in [-0.05, 0) is 46.1 Å². The fraction of sp³-hybridized carbons (Fsp3) is 0.867. The molecule has 0 aromatic heterocycles. The lowest BCUT2D eigenvalue weighted by molar-refractivity contribution is -0.152. The Balaban J connectivity index is 1.81. The summed E-state index contributed by atoms with van der Waals surface area (Å²) in [6.07, 6.45) is 3.34. The van der Waals surface area contributed by atoms with Crippen molar-refractivity contribution in [3.8, 4) is 0 Å². The van der Waals surface area contributed by atoms with Gasteiger partial charge in [0, 0.05) is 25.0 Å². The van der Waals surface area contributed by atoms with Gasteiger partial charge in [-0.2, -0.15) is 0 Å². The van der Waals surface area contributed by atoms with Crippen LogP contribution in [0.3, 0.4) is 0 Å². The summed E-state index contributed by atoms with van der Waals surface area (Å²) in [6.45, 7) is 6.71. The molecule has 2 fully saturated rings. The van der Waals surface area contributed by atoms with Crippen LogP contribution in [-0.2, 0) is 14.3 Å². The second kappa shape index (κ2) is 7.07. The molecule has 20 heavy (non-hydrogen) atoms. The molecule has 0 aliphatic carbocycles. The van der Waals surface area contributed by atoms with Crippen LogP contribution >= 0.6 is 0 Å². The third-order valence-electron chi connectivity index (χ3n) is 4.40. The number of nitrogens with zero attached hydrogens (tertiary/aromatic N) is 1. The topological polar surface area (TPSA) is 58.6 Å². The monoisotopic (exact) mass is 282 g/mol. The Labute approximate surface area is 121 Å². The molecule has 114 valence electrons. The van der Waals surface area contributed by atoms with Gasteiger partial charge in [0.25, 0.3) is 0 Å². The van der Waals surface area contributed by atoms with Crippen molar-refractivity contribution < 1.29 is 14.3 Å². The van der Waals surface area contributed by atoms with Gasteiger partial charge >= 0.3 is 5.97 Å². The quantitative estimate of drug-likeness (QED) is 0.790. The van der Waals surface area contributed by atoms with E-state index in [4.69, 9.17) is 4.74 Å². The summed E-state index contributed by atoms with van der Waals surface area (Å²) in [5.41, 5.74) is 0. The van der Waals surface area contributed by atoms with Gasteiger partial charge in [-0.3, -0.25) is 9.59 Å². The number of nitrogens with one attached hydrogen (secondary N) is 1. The molecule has 2 atom stereocenters. The average Bonchev–Trinajstić information content (AvgIpc) is 2.47. The predicted octanol–water partition coefficient (Wildman–Crippen LogP) is 1.18. The van der Waals surface area contributed by atoms with Gasteiger partial charge in [0.1, 0.15) is 0 Å². The highest BCUT2D eigenvalue weighted by molar-refractivity contribution is 5.79. The molecule has 0 bridgehead atoms. The van der Waals surface area contributed by atoms with E-state index < -0.39 is 0 Å². The molecule has 2 heterocycles. The van der Waals surface area contributed by atoms with Crippen LogP contribution in [0.4, 0.5) is 0 Å². The van der Waals surface area contributed by atoms with E-state index in [0.29, 0.717) is 25.7 Å². The van der Waals surface area contributed by atoms with Crippen molar-refractivity contribution >= 4 is 11.9 Å². The van der Waals surface area contributed by atoms with Crippen LogP contribution in [0.15, 0.2) is 0 Å². The van der Waals surface area contributed by atoms with Gasteiger partial charge in [-0.15, -0.1) is 0 Å². The molecular weight excluding hydrogens is 256 g/mol. The number of esters is 1. The number of piperidine rings is 2. The van der Waals surface area contributed by atoms with Crippen molar-refractivity contribution in [2.75, 3.05) is 26.2 Å². The SMILES string of the molecule is CCOC(=O)C1CCN(C(=O)[C@H]2CCN[C@@H](C)C2)CC1. The second-order valence-corrected chi connectivity index (χ2v) is 5.93. The molecule has 5 heteroatoms. The van der Waals surface area contributed by atoms with Crippen molar-refractivity contribution in [1.29, 1.82) is 0 Å². The molecule has 0 radical (unpaired) electrons. The van der Waals surface area contributed by atoms with Crippen molar-refractivity contribution in [3.05, 3.63) is 0 Å². The van der Waals surface area contributed by atoms with Gasteiger partial charge in [0.15, 0.2) is 0 Å². The summed E-state index contributed by atoms with van der Waals surface area (Å²) in [7, 11) is 0. The molecule has 0 saturated carbocycles. The molecule has 0 unspecified atom stereocenters. The zero-order valence-electron chi connectivity index (χ0n) is 12.6. The lowest BCUT2D eigenvalue weighted by atomic mass is 9.90. The number of likely N-dealkylation sites (tertiary alicyclic amines) is 1. The summed E-state index contributed by atoms with van der Waals surface area (Å²) in [5, 5.41) is 3.37. The van der Waals surface area contributed by atoms with Crippen LogP contribution < -0.4 is 5.32 Å². The van der Waals surface area contributed by atoms with Gasteiger partial charge in [-0.25, -0.2) is 0 Å². The van der Waals surface area contributed by atoms with Gasteiger partial charge in [0.2, 0.25) is 5.91 Å². The fourth-order valence-electron chi connectivity index (χ4n) is 3.21. The summed E-state index contributed by atoms with van der Waals surface area (Å²) >= 11 is 0. The number of carbonyl (C=O) groups excluding carboxylic acids is 2. The smallest absolute Gasteiger partial charge is 0.309 e. The molecule has 2 rings (SSSR count). The van der Waals surface area contributed by atoms with E-state index in [0.717, 1.165) is 32.2 Å². The maximum atomic E-state index is 12.5. The minimum atomic E-state index is -0.102. The first-order valence-electron chi connectivity index (χ1n) is 7.80. The van der Waals surface area contributed by atoms with Crippen molar-refractivity contribution in [3.63, 3.8) is 0 Å². The largest absolute Gasteiger partial charge is 0.466 e. The van der Waals surface area contributed by atoms with Crippen LogP contribution in [0.5, 0.6) is 0 Å². The lowest BCUT2D eigenvalue weighted by Crippen LogP contribution is -2.47. The number of hydrogen-bond donors (Lipinski definition) is 1. The normalized spacial score (nSPS) is 28.2. The van der Waals surface area contributed by atoms with Crippen LogP contribution in [0.1, 0.15) is 39.5 Å². The van der Waals surface area contributed by atoms with E-state index >= 15 is 0 Å². The van der Waals surface area contributed by atoms with E-state index in [9.17, 15) is 9.59 Å². The average molecular weight is 282 g/mol. The Kier molecular flexibility index (Phi) is 5.40. The molecule has 0 spiro atoms. The maximum Gasteiger partial charge on any atom is 0.309 e. The predicted molar refractivity (Wildman–Crippen MR) is 76.1 cm³/mol. The van der Waals surface area contributed by atoms with E-state index in [1.165, 1.54) is 0 Å². The van der Waals surface area contributed by atoms with E-state index in [2.05, 4.69) is 12.2 Å². The van der Waals surface area contributed by atoms with Crippen LogP contribution in [0, 0.1) is 11.8 Å². The third-order valence-corrected chi connectivity index (χ3v) is 4.40. The second-order valence-electron chi connectivity index (χ2n) is 5.93. The number of carbonyl (C=O) groups is 2. The highest BCUT2D eigenvalue weighted by Crippen LogP contribution is 2.24. The van der Waals surface area contributed by atoms with E-state index in [1.807, 2.05) is 11.8 Å². The van der Waals surface area contributed by atoms with Gasteiger partial charge in [0.05, 0.1) is 12.5 Å². The highest BCUT2D eigenvalue weighted by Gasteiger charge is 2.32. The van der Waals surface area contributed by atoms with Gasteiger partial charge < -0.3 is 15.0 Å². The fourth-order valence-corrected chi connectivity index (χ4v) is 3.21. The summed E-state index contributed by atoms with van der Waals surface area (Å²) in [6, 6.07) is 0.426. The Morgan fingerprint density at radius 3 is 2.50 bits per heavy atom. The maximum absolute atomic E-state index is 12.5. The first-order valence-corrected chi connectivity index (χ1v) is 7.80. The molecule has 1 N–H and O–H groups in total. The number of hydrogen-bond acceptors (Lipinski definition) is 4. The van der Waals surface area contributed by atoms with Gasteiger partial charge in [-0.1, -0.05) is 0 Å². The minimum absolute atomic E-state index is 0.0223. The molecule has 1 amide bonds. The van der Waals surface area contributed by atoms with Crippen molar-refractivity contribution in [2.24, 2.45) is 11.8 Å². The zero-order chi connectivity index (χ0) is 14.5. The first kappa shape index (κ1) is 15.3. The van der Waals surface area contributed by atoms with E-state index in [1.54, 1.807) is 0 Å². The Morgan fingerprint density at radius 1 is 1.20 bits per heavy atom. The number of rotatable bonds is 3. The Hall–Kier alpha value is -1.10. The minimum Gasteiger partial charge on any atom is -0.466 e. The molecule has 2 saturated heterocycles. The van der Waals surface area contributed by atoms with E-state index in [-0.39, 0.29) is 23.7 Å². The van der Waals surface area contributed by atoms with Crippen LogP contribution in [0.2, 0.25) is 0 Å². The highest BCUT2D eigenvalue weighted by atomic mass is 16.5. The molecule has 0 aromatic carbocycles. The molecule has 5 nitrogen and oxygen atoms in total. The Bertz CT molecular complexity index is 351. The van der Waals surface area contributed by atoms with Crippen molar-refractivity contribution in [2.45, 2.75) is 45.6 Å². The molecule has 2 aliphatic rings. The standard InChI is InChI=1S/C15H26N2O3/c1-3-20-15(19)12-5-8-17(9-6-12)14(18)13-4-7-16-11(2)10-13/h11-13,16H,3-10H2,1-2H3/t11-,13-/m0/s1. The summed E-state index contributed by atoms with van der Waals surface area (Å²) in [4.78, 5) is 26.1. The number of ether oxygens (including phenoxy) is 1. The summed E-state index contributed by atoms with van der Waals surface area (Å²) in [5.74, 6) is 0.312. The molecule has 0 aromatic rings. The van der Waals surface area contributed by atoms with Crippen molar-refractivity contribution in [1.82, 2.24) is 10.2 Å². The molecular formula is C15H26N2O3.